The van der Waals surface area contributed by atoms with E-state index in [0.717, 1.165) is 24.2 Å². The second kappa shape index (κ2) is 7.49. The number of carbonyl (C=O) groups excluding carboxylic acids is 1. The molecule has 2 atom stereocenters. The van der Waals surface area contributed by atoms with Crippen molar-refractivity contribution in [2.24, 2.45) is 5.92 Å². The van der Waals surface area contributed by atoms with E-state index >= 15 is 0 Å². The van der Waals surface area contributed by atoms with Crippen molar-refractivity contribution in [1.29, 1.82) is 0 Å². The van der Waals surface area contributed by atoms with E-state index in [-0.39, 0.29) is 24.4 Å². The average molecular weight is 319 g/mol. The SMILES string of the molecule is COc1ccccc1C(C)CC(=O)N(CC(C)C(=O)O)C1CC1. The number of rotatable bonds is 8. The maximum atomic E-state index is 12.7. The van der Waals surface area contributed by atoms with Crippen LogP contribution in [0.15, 0.2) is 24.3 Å². The number of ether oxygens (including phenoxy) is 1. The van der Waals surface area contributed by atoms with E-state index in [4.69, 9.17) is 9.84 Å². The van der Waals surface area contributed by atoms with Crippen molar-refractivity contribution in [1.82, 2.24) is 4.90 Å². The topological polar surface area (TPSA) is 66.8 Å². The number of carbonyl (C=O) groups is 2. The fraction of sp³-hybridized carbons (Fsp3) is 0.556. The summed E-state index contributed by atoms with van der Waals surface area (Å²) in [4.78, 5) is 25.5. The molecular formula is C18H25NO4. The summed E-state index contributed by atoms with van der Waals surface area (Å²) in [5.41, 5.74) is 1.00. The number of carboxylic acids is 1. The maximum absolute atomic E-state index is 12.7. The lowest BCUT2D eigenvalue weighted by Crippen LogP contribution is -2.39. The van der Waals surface area contributed by atoms with Gasteiger partial charge in [-0.25, -0.2) is 0 Å². The molecule has 0 heterocycles. The number of aliphatic carboxylic acids is 1. The van der Waals surface area contributed by atoms with Gasteiger partial charge in [0.15, 0.2) is 0 Å². The minimum absolute atomic E-state index is 0.0269. The molecule has 1 aliphatic carbocycles. The van der Waals surface area contributed by atoms with Crippen LogP contribution in [-0.2, 0) is 9.59 Å². The lowest BCUT2D eigenvalue weighted by molar-refractivity contribution is -0.143. The Morgan fingerprint density at radius 2 is 1.96 bits per heavy atom. The Labute approximate surface area is 137 Å². The summed E-state index contributed by atoms with van der Waals surface area (Å²) in [7, 11) is 1.62. The Morgan fingerprint density at radius 3 is 2.52 bits per heavy atom. The summed E-state index contributed by atoms with van der Waals surface area (Å²) in [6.07, 6.45) is 2.31. The van der Waals surface area contributed by atoms with E-state index in [1.165, 1.54) is 0 Å². The van der Waals surface area contributed by atoms with Crippen molar-refractivity contribution in [3.63, 3.8) is 0 Å². The van der Waals surface area contributed by atoms with Crippen molar-refractivity contribution in [3.8, 4) is 5.75 Å². The van der Waals surface area contributed by atoms with Gasteiger partial charge in [-0.1, -0.05) is 32.0 Å². The fourth-order valence-electron chi connectivity index (χ4n) is 2.78. The third kappa shape index (κ3) is 4.47. The molecule has 0 radical (unpaired) electrons. The van der Waals surface area contributed by atoms with Crippen LogP contribution < -0.4 is 4.74 Å². The monoisotopic (exact) mass is 319 g/mol. The number of carboxylic acid groups (broad SMARTS) is 1. The predicted octanol–water partition coefficient (Wildman–Crippen LogP) is 2.90. The first-order valence-corrected chi connectivity index (χ1v) is 8.09. The molecule has 2 rings (SSSR count). The Morgan fingerprint density at radius 1 is 1.30 bits per heavy atom. The largest absolute Gasteiger partial charge is 0.496 e. The first kappa shape index (κ1) is 17.3. The van der Waals surface area contributed by atoms with Gasteiger partial charge in [0.05, 0.1) is 13.0 Å². The summed E-state index contributed by atoms with van der Waals surface area (Å²) in [6.45, 7) is 3.94. The molecule has 0 saturated heterocycles. The Bertz CT molecular complexity index is 568. The normalized spacial score (nSPS) is 16.5. The first-order chi connectivity index (χ1) is 10.9. The standard InChI is InChI=1S/C18H25NO4/c1-12(15-6-4-5-7-16(15)23-3)10-17(20)19(14-8-9-14)11-13(2)18(21)22/h4-7,12-14H,8-11H2,1-3H3,(H,21,22). The number of methoxy groups -OCH3 is 1. The van der Waals surface area contributed by atoms with Crippen molar-refractivity contribution < 1.29 is 19.4 Å². The Balaban J connectivity index is 2.04. The molecule has 0 aliphatic heterocycles. The van der Waals surface area contributed by atoms with Crippen LogP contribution in [0.25, 0.3) is 0 Å². The zero-order chi connectivity index (χ0) is 17.0. The zero-order valence-electron chi connectivity index (χ0n) is 14.0. The van der Waals surface area contributed by atoms with E-state index in [2.05, 4.69) is 0 Å². The van der Waals surface area contributed by atoms with Gasteiger partial charge in [-0.05, 0) is 30.4 Å². The number of benzene rings is 1. The molecule has 0 bridgehead atoms. The van der Waals surface area contributed by atoms with Gasteiger partial charge in [0, 0.05) is 19.0 Å². The zero-order valence-corrected chi connectivity index (χ0v) is 14.0. The van der Waals surface area contributed by atoms with Crippen LogP contribution in [0, 0.1) is 5.92 Å². The third-order valence-corrected chi connectivity index (χ3v) is 4.35. The number of hydrogen-bond acceptors (Lipinski definition) is 3. The molecule has 5 heteroatoms. The summed E-state index contributed by atoms with van der Waals surface area (Å²) in [5, 5.41) is 9.09. The van der Waals surface area contributed by atoms with Crippen LogP contribution in [0.3, 0.4) is 0 Å². The summed E-state index contributed by atoms with van der Waals surface area (Å²) in [5.74, 6) is -0.564. The molecular weight excluding hydrogens is 294 g/mol. The van der Waals surface area contributed by atoms with Gasteiger partial charge in [0.25, 0.3) is 0 Å². The molecule has 1 N–H and O–H groups in total. The van der Waals surface area contributed by atoms with Crippen LogP contribution in [0.2, 0.25) is 0 Å². The van der Waals surface area contributed by atoms with E-state index in [1.807, 2.05) is 31.2 Å². The van der Waals surface area contributed by atoms with Crippen LogP contribution in [0.5, 0.6) is 5.75 Å². The molecule has 0 aromatic heterocycles. The van der Waals surface area contributed by atoms with Crippen LogP contribution in [0.4, 0.5) is 0 Å². The molecule has 1 aromatic carbocycles. The third-order valence-electron chi connectivity index (χ3n) is 4.35. The quantitative estimate of drug-likeness (QED) is 0.800. The highest BCUT2D eigenvalue weighted by Gasteiger charge is 2.35. The number of hydrogen-bond donors (Lipinski definition) is 1. The lowest BCUT2D eigenvalue weighted by Gasteiger charge is -2.26. The van der Waals surface area contributed by atoms with Crippen molar-refractivity contribution in [3.05, 3.63) is 29.8 Å². The minimum Gasteiger partial charge on any atom is -0.496 e. The van der Waals surface area contributed by atoms with E-state index < -0.39 is 11.9 Å². The molecule has 0 spiro atoms. The maximum Gasteiger partial charge on any atom is 0.308 e. The average Bonchev–Trinajstić information content (AvgIpc) is 3.36. The van der Waals surface area contributed by atoms with Gasteiger partial charge < -0.3 is 14.7 Å². The van der Waals surface area contributed by atoms with Crippen LogP contribution in [0.1, 0.15) is 44.6 Å². The van der Waals surface area contributed by atoms with Gasteiger partial charge in [-0.15, -0.1) is 0 Å². The summed E-state index contributed by atoms with van der Waals surface area (Å²) in [6, 6.07) is 7.92. The second-order valence-corrected chi connectivity index (χ2v) is 6.36. The van der Waals surface area contributed by atoms with E-state index in [1.54, 1.807) is 18.9 Å². The summed E-state index contributed by atoms with van der Waals surface area (Å²) >= 11 is 0. The minimum atomic E-state index is -0.860. The van der Waals surface area contributed by atoms with Gasteiger partial charge >= 0.3 is 5.97 Å². The van der Waals surface area contributed by atoms with Gasteiger partial charge in [-0.3, -0.25) is 9.59 Å². The van der Waals surface area contributed by atoms with E-state index in [0.29, 0.717) is 6.42 Å². The number of nitrogens with zero attached hydrogens (tertiary/aromatic N) is 1. The molecule has 1 aliphatic rings. The highest BCUT2D eigenvalue weighted by atomic mass is 16.5. The van der Waals surface area contributed by atoms with Gasteiger partial charge in [0.1, 0.15) is 5.75 Å². The number of amides is 1. The summed E-state index contributed by atoms with van der Waals surface area (Å²) < 4.78 is 5.36. The number of para-hydroxylation sites is 1. The Kier molecular flexibility index (Phi) is 5.64. The molecule has 2 unspecified atom stereocenters. The highest BCUT2D eigenvalue weighted by molar-refractivity contribution is 5.79. The molecule has 1 fully saturated rings. The van der Waals surface area contributed by atoms with E-state index in [9.17, 15) is 9.59 Å². The Hall–Kier alpha value is -2.04. The highest BCUT2D eigenvalue weighted by Crippen LogP contribution is 2.32. The van der Waals surface area contributed by atoms with Crippen LogP contribution >= 0.6 is 0 Å². The van der Waals surface area contributed by atoms with Crippen molar-refractivity contribution >= 4 is 11.9 Å². The van der Waals surface area contributed by atoms with Gasteiger partial charge in [0.2, 0.25) is 5.91 Å². The molecule has 1 aromatic rings. The molecule has 126 valence electrons. The predicted molar refractivity (Wildman–Crippen MR) is 87.6 cm³/mol. The molecule has 5 nitrogen and oxygen atoms in total. The first-order valence-electron chi connectivity index (χ1n) is 8.09. The fourth-order valence-corrected chi connectivity index (χ4v) is 2.78. The smallest absolute Gasteiger partial charge is 0.308 e. The second-order valence-electron chi connectivity index (χ2n) is 6.36. The molecule has 1 saturated carbocycles. The van der Waals surface area contributed by atoms with Crippen molar-refractivity contribution in [2.75, 3.05) is 13.7 Å². The molecule has 23 heavy (non-hydrogen) atoms. The van der Waals surface area contributed by atoms with Crippen molar-refractivity contribution in [2.45, 2.75) is 45.1 Å². The lowest BCUT2D eigenvalue weighted by atomic mass is 9.96. The van der Waals surface area contributed by atoms with Gasteiger partial charge in [-0.2, -0.15) is 0 Å². The van der Waals surface area contributed by atoms with Crippen LogP contribution in [-0.4, -0.2) is 41.6 Å². The molecule has 1 amide bonds.